The number of benzene rings is 5. The highest BCUT2D eigenvalue weighted by atomic mass is 16.3. The molecule has 182 valence electrons. The second-order valence-corrected chi connectivity index (χ2v) is 9.66. The summed E-state index contributed by atoms with van der Waals surface area (Å²) in [6, 6.07) is 41.4. The van der Waals surface area contributed by atoms with Crippen molar-refractivity contribution in [1.82, 2.24) is 15.0 Å². The molecule has 0 saturated carbocycles. The Bertz CT molecular complexity index is 2160. The van der Waals surface area contributed by atoms with Crippen molar-refractivity contribution < 1.29 is 4.42 Å². The summed E-state index contributed by atoms with van der Waals surface area (Å²) in [5.41, 5.74) is 8.73. The maximum Gasteiger partial charge on any atom is 0.227 e. The van der Waals surface area contributed by atoms with E-state index >= 15 is 0 Å². The highest BCUT2D eigenvalue weighted by Crippen LogP contribution is 2.38. The predicted octanol–water partition coefficient (Wildman–Crippen LogP) is 9.08. The van der Waals surface area contributed by atoms with Crippen LogP contribution in [0.2, 0.25) is 0 Å². The van der Waals surface area contributed by atoms with Crippen LogP contribution in [0.5, 0.6) is 0 Å². The molecule has 5 aromatic carbocycles. The molecule has 0 aliphatic heterocycles. The van der Waals surface area contributed by atoms with Crippen LogP contribution >= 0.6 is 0 Å². The minimum atomic E-state index is 0.619. The minimum Gasteiger partial charge on any atom is -0.436 e. The van der Waals surface area contributed by atoms with Gasteiger partial charge >= 0.3 is 0 Å². The van der Waals surface area contributed by atoms with Gasteiger partial charge in [0.05, 0.1) is 16.7 Å². The van der Waals surface area contributed by atoms with Gasteiger partial charge in [-0.1, -0.05) is 84.9 Å². The quantitative estimate of drug-likeness (QED) is 0.228. The number of aromatic nitrogens is 3. The number of para-hydroxylation sites is 2. The van der Waals surface area contributed by atoms with Crippen molar-refractivity contribution in [3.63, 3.8) is 0 Å². The van der Waals surface area contributed by atoms with E-state index in [0.717, 1.165) is 71.6 Å². The first-order valence-corrected chi connectivity index (χ1v) is 13.0. The van der Waals surface area contributed by atoms with E-state index < -0.39 is 0 Å². The number of fused-ring (bicyclic) bond motifs is 6. The first kappa shape index (κ1) is 21.7. The Morgan fingerprint density at radius 2 is 1.31 bits per heavy atom. The van der Waals surface area contributed by atoms with Crippen molar-refractivity contribution in [3.8, 4) is 33.8 Å². The van der Waals surface area contributed by atoms with Crippen LogP contribution in [-0.2, 0) is 0 Å². The Labute approximate surface area is 224 Å². The highest BCUT2D eigenvalue weighted by molar-refractivity contribution is 6.20. The van der Waals surface area contributed by atoms with Crippen molar-refractivity contribution >= 4 is 43.7 Å². The number of pyridine rings is 2. The van der Waals surface area contributed by atoms with E-state index in [4.69, 9.17) is 14.4 Å². The molecule has 0 saturated heterocycles. The number of nitrogens with zero attached hydrogens (tertiary/aromatic N) is 3. The van der Waals surface area contributed by atoms with Gasteiger partial charge in [0.1, 0.15) is 5.52 Å². The third-order valence-corrected chi connectivity index (χ3v) is 7.34. The van der Waals surface area contributed by atoms with E-state index in [-0.39, 0.29) is 0 Å². The van der Waals surface area contributed by atoms with Crippen LogP contribution in [0.25, 0.3) is 77.5 Å². The van der Waals surface area contributed by atoms with E-state index in [1.54, 1.807) is 0 Å². The SMILES string of the molecule is c1ccc(-c2nc3c(ccc4c(-c5ccc(-c6cccc7cccnc67)cc5)nc5ccccc5c43)o2)cc1. The molecule has 8 aromatic rings. The summed E-state index contributed by atoms with van der Waals surface area (Å²) in [5, 5.41) is 4.30. The summed E-state index contributed by atoms with van der Waals surface area (Å²) in [6.07, 6.45) is 1.85. The standard InChI is InChI=1S/C35H21N3O/c1-2-8-25(9-3-1)35-38-34-30(39-35)20-19-28-31(34)27-12-4-5-14-29(27)37-33(28)24-17-15-22(16-18-24)26-13-6-10-23-11-7-21-36-32(23)26/h1-21H. The molecule has 4 nitrogen and oxygen atoms in total. The molecule has 0 amide bonds. The van der Waals surface area contributed by atoms with E-state index in [1.807, 2.05) is 60.8 Å². The van der Waals surface area contributed by atoms with Gasteiger partial charge in [0.15, 0.2) is 5.58 Å². The van der Waals surface area contributed by atoms with Gasteiger partial charge in [-0.2, -0.15) is 0 Å². The summed E-state index contributed by atoms with van der Waals surface area (Å²) in [7, 11) is 0. The second-order valence-electron chi connectivity index (χ2n) is 9.66. The maximum absolute atomic E-state index is 6.22. The van der Waals surface area contributed by atoms with Crippen molar-refractivity contribution in [2.24, 2.45) is 0 Å². The fourth-order valence-corrected chi connectivity index (χ4v) is 5.50. The van der Waals surface area contributed by atoms with Gasteiger partial charge in [0.2, 0.25) is 5.89 Å². The molecule has 0 N–H and O–H groups in total. The lowest BCUT2D eigenvalue weighted by Gasteiger charge is -2.11. The molecule has 3 heterocycles. The second kappa shape index (κ2) is 8.61. The lowest BCUT2D eigenvalue weighted by molar-refractivity contribution is 0.620. The summed E-state index contributed by atoms with van der Waals surface area (Å²) >= 11 is 0. The Morgan fingerprint density at radius 1 is 0.513 bits per heavy atom. The van der Waals surface area contributed by atoms with Crippen molar-refractivity contribution in [3.05, 3.63) is 128 Å². The normalized spacial score (nSPS) is 11.6. The van der Waals surface area contributed by atoms with Gasteiger partial charge in [-0.15, -0.1) is 0 Å². The zero-order chi connectivity index (χ0) is 25.8. The minimum absolute atomic E-state index is 0.619. The zero-order valence-corrected chi connectivity index (χ0v) is 20.9. The van der Waals surface area contributed by atoms with Crippen LogP contribution in [0.1, 0.15) is 0 Å². The van der Waals surface area contributed by atoms with Crippen molar-refractivity contribution in [2.75, 3.05) is 0 Å². The molecule has 3 aromatic heterocycles. The fourth-order valence-electron chi connectivity index (χ4n) is 5.50. The van der Waals surface area contributed by atoms with Crippen LogP contribution in [-0.4, -0.2) is 15.0 Å². The molecule has 8 rings (SSSR count). The van der Waals surface area contributed by atoms with Crippen molar-refractivity contribution in [2.45, 2.75) is 0 Å². The lowest BCUT2D eigenvalue weighted by Crippen LogP contribution is -1.91. The van der Waals surface area contributed by atoms with Crippen LogP contribution in [0.4, 0.5) is 0 Å². The molecule has 0 aliphatic carbocycles. The van der Waals surface area contributed by atoms with E-state index in [2.05, 4.69) is 71.7 Å². The monoisotopic (exact) mass is 499 g/mol. The molecular weight excluding hydrogens is 478 g/mol. The summed E-state index contributed by atoms with van der Waals surface area (Å²) in [4.78, 5) is 14.7. The van der Waals surface area contributed by atoms with Crippen LogP contribution in [0.15, 0.2) is 132 Å². The van der Waals surface area contributed by atoms with Crippen LogP contribution in [0.3, 0.4) is 0 Å². The first-order valence-electron chi connectivity index (χ1n) is 13.0. The topological polar surface area (TPSA) is 51.8 Å². The molecular formula is C35H21N3O. The van der Waals surface area contributed by atoms with Gasteiger partial charge in [-0.25, -0.2) is 9.97 Å². The Hall–Kier alpha value is -5.35. The van der Waals surface area contributed by atoms with E-state index in [0.29, 0.717) is 5.89 Å². The third-order valence-electron chi connectivity index (χ3n) is 7.34. The number of rotatable bonds is 3. The van der Waals surface area contributed by atoms with E-state index in [9.17, 15) is 0 Å². The number of hydrogen-bond donors (Lipinski definition) is 0. The van der Waals surface area contributed by atoms with Gasteiger partial charge < -0.3 is 4.42 Å². The molecule has 0 aliphatic rings. The molecule has 0 bridgehead atoms. The lowest BCUT2D eigenvalue weighted by atomic mass is 9.96. The van der Waals surface area contributed by atoms with Gasteiger partial charge in [0.25, 0.3) is 0 Å². The largest absolute Gasteiger partial charge is 0.436 e. The fraction of sp³-hybridized carbons (Fsp3) is 0. The molecule has 0 spiro atoms. The predicted molar refractivity (Wildman–Crippen MR) is 158 cm³/mol. The molecule has 0 atom stereocenters. The Balaban J connectivity index is 1.34. The molecule has 39 heavy (non-hydrogen) atoms. The Kier molecular flexibility index (Phi) is 4.79. The molecule has 4 heteroatoms. The molecule has 0 radical (unpaired) electrons. The average molecular weight is 500 g/mol. The molecule has 0 fully saturated rings. The average Bonchev–Trinajstić information content (AvgIpc) is 3.46. The van der Waals surface area contributed by atoms with Gasteiger partial charge in [-0.3, -0.25) is 4.98 Å². The van der Waals surface area contributed by atoms with Gasteiger partial charge in [-0.05, 0) is 42.0 Å². The van der Waals surface area contributed by atoms with Crippen LogP contribution < -0.4 is 0 Å². The zero-order valence-electron chi connectivity index (χ0n) is 20.9. The van der Waals surface area contributed by atoms with Crippen molar-refractivity contribution in [1.29, 1.82) is 0 Å². The smallest absolute Gasteiger partial charge is 0.227 e. The molecule has 0 unspecified atom stereocenters. The summed E-state index contributed by atoms with van der Waals surface area (Å²) < 4.78 is 6.22. The Morgan fingerprint density at radius 3 is 2.21 bits per heavy atom. The van der Waals surface area contributed by atoms with E-state index in [1.165, 1.54) is 0 Å². The summed E-state index contributed by atoms with van der Waals surface area (Å²) in [6.45, 7) is 0. The number of hydrogen-bond acceptors (Lipinski definition) is 4. The van der Waals surface area contributed by atoms with Gasteiger partial charge in [0, 0.05) is 44.4 Å². The van der Waals surface area contributed by atoms with Crippen LogP contribution in [0, 0.1) is 0 Å². The first-order chi connectivity index (χ1) is 19.3. The third kappa shape index (κ3) is 3.50. The maximum atomic E-state index is 6.22. The summed E-state index contributed by atoms with van der Waals surface area (Å²) in [5.74, 6) is 0.619. The number of oxazole rings is 1. The highest BCUT2D eigenvalue weighted by Gasteiger charge is 2.17.